The molecule has 20 heavy (non-hydrogen) atoms. The van der Waals surface area contributed by atoms with Gasteiger partial charge in [0.25, 0.3) is 0 Å². The SMILES string of the molecule is OC1(c2ccccc2)CCCNC1Cc1ccccc1. The molecule has 1 fully saturated rings. The van der Waals surface area contributed by atoms with Crippen molar-refractivity contribution in [2.75, 3.05) is 6.54 Å². The first-order valence-electron chi connectivity index (χ1n) is 7.34. The molecule has 0 aliphatic carbocycles. The van der Waals surface area contributed by atoms with E-state index in [1.807, 2.05) is 36.4 Å². The molecular weight excluding hydrogens is 246 g/mol. The van der Waals surface area contributed by atoms with Crippen molar-refractivity contribution in [3.63, 3.8) is 0 Å². The summed E-state index contributed by atoms with van der Waals surface area (Å²) in [5.41, 5.74) is 1.52. The van der Waals surface area contributed by atoms with Crippen LogP contribution >= 0.6 is 0 Å². The monoisotopic (exact) mass is 267 g/mol. The molecule has 1 aliphatic heterocycles. The van der Waals surface area contributed by atoms with E-state index in [0.29, 0.717) is 0 Å². The van der Waals surface area contributed by atoms with Crippen LogP contribution in [0.25, 0.3) is 0 Å². The molecule has 2 aromatic carbocycles. The first kappa shape index (κ1) is 13.3. The molecule has 2 atom stereocenters. The second-order valence-corrected chi connectivity index (χ2v) is 5.59. The van der Waals surface area contributed by atoms with Gasteiger partial charge in [-0.2, -0.15) is 0 Å². The number of benzene rings is 2. The second-order valence-electron chi connectivity index (χ2n) is 5.59. The summed E-state index contributed by atoms with van der Waals surface area (Å²) < 4.78 is 0. The van der Waals surface area contributed by atoms with Gasteiger partial charge in [0.05, 0.1) is 0 Å². The molecule has 0 radical (unpaired) electrons. The smallest absolute Gasteiger partial charge is 0.105 e. The fourth-order valence-electron chi connectivity index (χ4n) is 3.14. The van der Waals surface area contributed by atoms with Crippen molar-refractivity contribution in [2.45, 2.75) is 30.9 Å². The zero-order valence-electron chi connectivity index (χ0n) is 11.6. The van der Waals surface area contributed by atoms with Crippen LogP contribution in [0.4, 0.5) is 0 Å². The molecule has 0 amide bonds. The summed E-state index contributed by atoms with van der Waals surface area (Å²) in [6, 6.07) is 20.5. The summed E-state index contributed by atoms with van der Waals surface area (Å²) in [6.45, 7) is 0.979. The molecule has 1 aliphatic rings. The van der Waals surface area contributed by atoms with Crippen molar-refractivity contribution in [3.05, 3.63) is 71.8 Å². The average molecular weight is 267 g/mol. The molecule has 0 saturated carbocycles. The number of rotatable bonds is 3. The Morgan fingerprint density at radius 1 is 1.00 bits per heavy atom. The fraction of sp³-hybridized carbons (Fsp3) is 0.333. The third kappa shape index (κ3) is 2.62. The molecule has 1 saturated heterocycles. The van der Waals surface area contributed by atoms with E-state index in [9.17, 15) is 5.11 Å². The van der Waals surface area contributed by atoms with Crippen molar-refractivity contribution < 1.29 is 5.11 Å². The molecule has 0 spiro atoms. The minimum atomic E-state index is -0.769. The van der Waals surface area contributed by atoms with Crippen molar-refractivity contribution in [1.82, 2.24) is 5.32 Å². The van der Waals surface area contributed by atoms with Gasteiger partial charge in [-0.1, -0.05) is 60.7 Å². The highest BCUT2D eigenvalue weighted by atomic mass is 16.3. The van der Waals surface area contributed by atoms with Gasteiger partial charge in [-0.15, -0.1) is 0 Å². The van der Waals surface area contributed by atoms with Gasteiger partial charge in [0.15, 0.2) is 0 Å². The quantitative estimate of drug-likeness (QED) is 0.896. The summed E-state index contributed by atoms with van der Waals surface area (Å²) in [6.07, 6.45) is 2.68. The van der Waals surface area contributed by atoms with Gasteiger partial charge in [0.2, 0.25) is 0 Å². The summed E-state index contributed by atoms with van der Waals surface area (Å²) >= 11 is 0. The van der Waals surface area contributed by atoms with Gasteiger partial charge < -0.3 is 10.4 Å². The van der Waals surface area contributed by atoms with Crippen LogP contribution in [0.3, 0.4) is 0 Å². The lowest BCUT2D eigenvalue weighted by molar-refractivity contribution is -0.0287. The lowest BCUT2D eigenvalue weighted by atomic mass is 9.77. The maximum atomic E-state index is 11.2. The average Bonchev–Trinajstić information content (AvgIpc) is 2.52. The molecule has 2 heteroatoms. The molecule has 0 bridgehead atoms. The van der Waals surface area contributed by atoms with Gasteiger partial charge in [0, 0.05) is 6.04 Å². The molecule has 2 nitrogen and oxygen atoms in total. The Morgan fingerprint density at radius 2 is 1.65 bits per heavy atom. The maximum Gasteiger partial charge on any atom is 0.105 e. The van der Waals surface area contributed by atoms with Crippen molar-refractivity contribution in [2.24, 2.45) is 0 Å². The van der Waals surface area contributed by atoms with Gasteiger partial charge in [-0.3, -0.25) is 0 Å². The Kier molecular flexibility index (Phi) is 3.86. The van der Waals surface area contributed by atoms with E-state index in [2.05, 4.69) is 29.6 Å². The van der Waals surface area contributed by atoms with Crippen LogP contribution in [0.1, 0.15) is 24.0 Å². The molecule has 1 heterocycles. The zero-order valence-corrected chi connectivity index (χ0v) is 11.6. The predicted molar refractivity (Wildman–Crippen MR) is 81.5 cm³/mol. The Bertz CT molecular complexity index is 540. The maximum absolute atomic E-state index is 11.2. The summed E-state index contributed by atoms with van der Waals surface area (Å²) in [5.74, 6) is 0. The van der Waals surface area contributed by atoms with E-state index >= 15 is 0 Å². The number of aliphatic hydroxyl groups is 1. The van der Waals surface area contributed by atoms with E-state index in [1.165, 1.54) is 5.56 Å². The third-order valence-corrected chi connectivity index (χ3v) is 4.26. The van der Waals surface area contributed by atoms with Crippen LogP contribution in [0.2, 0.25) is 0 Å². The topological polar surface area (TPSA) is 32.3 Å². The Labute approximate surface area is 120 Å². The van der Waals surface area contributed by atoms with E-state index < -0.39 is 5.60 Å². The highest BCUT2D eigenvalue weighted by molar-refractivity contribution is 5.27. The normalized spacial score (nSPS) is 26.4. The highest BCUT2D eigenvalue weighted by Crippen LogP contribution is 2.34. The van der Waals surface area contributed by atoms with Crippen molar-refractivity contribution >= 4 is 0 Å². The minimum Gasteiger partial charge on any atom is -0.384 e. The van der Waals surface area contributed by atoms with Crippen LogP contribution < -0.4 is 5.32 Å². The summed E-state index contributed by atoms with van der Waals surface area (Å²) in [7, 11) is 0. The lowest BCUT2D eigenvalue weighted by Crippen LogP contribution is -2.53. The largest absolute Gasteiger partial charge is 0.384 e. The zero-order chi connectivity index (χ0) is 13.8. The van der Waals surface area contributed by atoms with E-state index in [0.717, 1.165) is 31.4 Å². The predicted octanol–water partition coefficient (Wildman–Crippen LogP) is 2.87. The van der Waals surface area contributed by atoms with Crippen molar-refractivity contribution in [1.29, 1.82) is 0 Å². The minimum absolute atomic E-state index is 0.0704. The highest BCUT2D eigenvalue weighted by Gasteiger charge is 2.40. The van der Waals surface area contributed by atoms with Crippen molar-refractivity contribution in [3.8, 4) is 0 Å². The van der Waals surface area contributed by atoms with Crippen LogP contribution in [0, 0.1) is 0 Å². The molecule has 104 valence electrons. The molecule has 2 aromatic rings. The Morgan fingerprint density at radius 3 is 2.35 bits per heavy atom. The number of hydrogen-bond donors (Lipinski definition) is 2. The first-order valence-corrected chi connectivity index (χ1v) is 7.34. The number of nitrogens with one attached hydrogen (secondary N) is 1. The Balaban J connectivity index is 1.87. The number of piperidine rings is 1. The molecule has 2 unspecified atom stereocenters. The standard InChI is InChI=1S/C18H21NO/c20-18(16-10-5-2-6-11-16)12-7-13-19-17(18)14-15-8-3-1-4-9-15/h1-6,8-11,17,19-20H,7,12-14H2. The van der Waals surface area contributed by atoms with Gasteiger partial charge in [-0.25, -0.2) is 0 Å². The fourth-order valence-corrected chi connectivity index (χ4v) is 3.14. The number of hydrogen-bond acceptors (Lipinski definition) is 2. The van der Waals surface area contributed by atoms with Crippen LogP contribution in [0.5, 0.6) is 0 Å². The molecular formula is C18H21NO. The van der Waals surface area contributed by atoms with Gasteiger partial charge >= 0.3 is 0 Å². The van der Waals surface area contributed by atoms with Gasteiger partial charge in [-0.05, 0) is 36.9 Å². The Hall–Kier alpha value is -1.64. The summed E-state index contributed by atoms with van der Waals surface area (Å²) in [5, 5.41) is 14.7. The van der Waals surface area contributed by atoms with Crippen LogP contribution in [0.15, 0.2) is 60.7 Å². The van der Waals surface area contributed by atoms with E-state index in [-0.39, 0.29) is 6.04 Å². The lowest BCUT2D eigenvalue weighted by Gasteiger charge is -2.41. The van der Waals surface area contributed by atoms with Crippen LogP contribution in [-0.2, 0) is 12.0 Å². The van der Waals surface area contributed by atoms with E-state index in [4.69, 9.17) is 0 Å². The second kappa shape index (κ2) is 5.78. The van der Waals surface area contributed by atoms with Crippen LogP contribution in [-0.4, -0.2) is 17.7 Å². The third-order valence-electron chi connectivity index (χ3n) is 4.26. The molecule has 2 N–H and O–H groups in total. The molecule has 3 rings (SSSR count). The van der Waals surface area contributed by atoms with Gasteiger partial charge in [0.1, 0.15) is 5.60 Å². The first-order chi connectivity index (χ1) is 9.79. The summed E-state index contributed by atoms with van der Waals surface area (Å²) in [4.78, 5) is 0. The molecule has 0 aromatic heterocycles. The van der Waals surface area contributed by atoms with E-state index in [1.54, 1.807) is 0 Å².